The predicted octanol–water partition coefficient (Wildman–Crippen LogP) is 5.20. The van der Waals surface area contributed by atoms with Crippen molar-refractivity contribution in [3.8, 4) is 22.6 Å². The van der Waals surface area contributed by atoms with E-state index >= 15 is 0 Å². The highest BCUT2D eigenvalue weighted by atomic mass is 32.2. The number of hydrogen-bond acceptors (Lipinski definition) is 7. The molecule has 0 bridgehead atoms. The lowest BCUT2D eigenvalue weighted by Crippen LogP contribution is -2.15. The summed E-state index contributed by atoms with van der Waals surface area (Å²) in [5, 5.41) is 9.63. The van der Waals surface area contributed by atoms with Crippen molar-refractivity contribution in [1.82, 2.24) is 4.98 Å². The number of aromatic nitrogens is 1. The number of halogens is 1. The second kappa shape index (κ2) is 9.20. The van der Waals surface area contributed by atoms with Gasteiger partial charge in [-0.1, -0.05) is 12.1 Å². The van der Waals surface area contributed by atoms with Gasteiger partial charge in [-0.05, 0) is 60.2 Å². The summed E-state index contributed by atoms with van der Waals surface area (Å²) in [6.07, 6.45) is 3.03. The third-order valence-corrected chi connectivity index (χ3v) is 6.48. The van der Waals surface area contributed by atoms with Gasteiger partial charge in [-0.3, -0.25) is 19.9 Å². The number of hydrogen-bond donors (Lipinski definition) is 0. The van der Waals surface area contributed by atoms with Crippen LogP contribution < -0.4 is 4.74 Å². The van der Waals surface area contributed by atoms with E-state index in [0.717, 1.165) is 24.3 Å². The number of ether oxygens (including phenoxy) is 1. The molecule has 8 nitrogen and oxygen atoms in total. The summed E-state index contributed by atoms with van der Waals surface area (Å²) in [4.78, 5) is 26.5. The summed E-state index contributed by atoms with van der Waals surface area (Å²) in [5.74, 6) is 0.381. The second-order valence-corrected chi connectivity index (χ2v) is 8.90. The molecular weight excluding hydrogens is 463 g/mol. The van der Waals surface area contributed by atoms with Crippen molar-refractivity contribution in [2.75, 3.05) is 0 Å². The highest BCUT2D eigenvalue weighted by molar-refractivity contribution is 8.06. The topological polar surface area (TPSA) is 116 Å². The van der Waals surface area contributed by atoms with Crippen LogP contribution in [-0.4, -0.2) is 23.4 Å². The number of carbonyl (C=O) groups is 1. The Hall–Kier alpha value is -4.44. The van der Waals surface area contributed by atoms with Gasteiger partial charge in [-0.15, -0.1) is 0 Å². The molecule has 1 aromatic heterocycles. The summed E-state index contributed by atoms with van der Waals surface area (Å²) in [6.45, 7) is 0. The van der Waals surface area contributed by atoms with Crippen LogP contribution in [0.5, 0.6) is 11.5 Å². The van der Waals surface area contributed by atoms with Crippen molar-refractivity contribution in [3.63, 3.8) is 0 Å². The van der Waals surface area contributed by atoms with E-state index in [4.69, 9.17) is 4.74 Å². The molecule has 1 heterocycles. The Morgan fingerprint density at radius 2 is 1.56 bits per heavy atom. The molecular formula is C24H15FN2O6S. The van der Waals surface area contributed by atoms with Crippen LogP contribution in [0.15, 0.2) is 96.2 Å². The highest BCUT2D eigenvalue weighted by Crippen LogP contribution is 2.33. The smallest absolute Gasteiger partial charge is 0.281 e. The molecule has 0 atom stereocenters. The highest BCUT2D eigenvalue weighted by Gasteiger charge is 2.27. The first-order valence-electron chi connectivity index (χ1n) is 9.77. The number of non-ortho nitro benzene ring substituents is 1. The number of nitro benzene ring substituents is 1. The van der Waals surface area contributed by atoms with Gasteiger partial charge in [-0.2, -0.15) is 0 Å². The lowest BCUT2D eigenvalue weighted by Gasteiger charge is -2.11. The quantitative estimate of drug-likeness (QED) is 0.276. The molecule has 0 saturated carbocycles. The minimum Gasteiger partial charge on any atom is -0.455 e. The molecule has 0 N–H and O–H groups in total. The molecule has 3 aromatic carbocycles. The van der Waals surface area contributed by atoms with E-state index in [-0.39, 0.29) is 16.1 Å². The van der Waals surface area contributed by atoms with Gasteiger partial charge in [-0.25, -0.2) is 12.8 Å². The molecule has 34 heavy (non-hydrogen) atoms. The van der Waals surface area contributed by atoms with Gasteiger partial charge in [0.1, 0.15) is 11.6 Å². The van der Waals surface area contributed by atoms with Crippen LogP contribution in [0.25, 0.3) is 11.1 Å². The Morgan fingerprint density at radius 3 is 2.18 bits per heavy atom. The molecule has 10 heteroatoms. The van der Waals surface area contributed by atoms with E-state index < -0.39 is 25.7 Å². The van der Waals surface area contributed by atoms with E-state index in [2.05, 4.69) is 4.98 Å². The van der Waals surface area contributed by atoms with Crippen LogP contribution in [0.4, 0.5) is 10.1 Å². The number of pyridine rings is 1. The average molecular weight is 478 g/mol. The Balaban J connectivity index is 1.59. The SMILES string of the molecule is O=C(c1ccc(-c2ccncc2Oc2ccc(F)cc2)cc1)S(=O)(=O)c1ccc([N+](=O)[O-])cc1. The number of sulfone groups is 1. The summed E-state index contributed by atoms with van der Waals surface area (Å²) < 4.78 is 44.3. The van der Waals surface area contributed by atoms with Crippen molar-refractivity contribution < 1.29 is 27.3 Å². The summed E-state index contributed by atoms with van der Waals surface area (Å²) in [6, 6.07) is 17.1. The van der Waals surface area contributed by atoms with E-state index in [1.165, 1.54) is 42.6 Å². The van der Waals surface area contributed by atoms with E-state index in [1.807, 2.05) is 0 Å². The summed E-state index contributed by atoms with van der Waals surface area (Å²) in [7, 11) is -4.39. The minimum absolute atomic E-state index is 0.0721. The number of benzene rings is 3. The zero-order valence-electron chi connectivity index (χ0n) is 17.3. The Labute approximate surface area is 193 Å². The molecule has 0 aliphatic heterocycles. The zero-order valence-corrected chi connectivity index (χ0v) is 18.1. The molecule has 0 fully saturated rings. The maximum absolute atomic E-state index is 13.1. The molecule has 0 spiro atoms. The lowest BCUT2D eigenvalue weighted by molar-refractivity contribution is -0.384. The molecule has 0 amide bonds. The van der Waals surface area contributed by atoms with Crippen LogP contribution in [0.2, 0.25) is 0 Å². The number of nitro groups is 1. The molecule has 0 aliphatic rings. The van der Waals surface area contributed by atoms with Crippen LogP contribution in [0.1, 0.15) is 10.4 Å². The fraction of sp³-hybridized carbons (Fsp3) is 0. The van der Waals surface area contributed by atoms with Crippen molar-refractivity contribution in [2.24, 2.45) is 0 Å². The third-order valence-electron chi connectivity index (χ3n) is 4.86. The Bertz CT molecular complexity index is 1470. The minimum atomic E-state index is -4.39. The molecule has 0 unspecified atom stereocenters. The fourth-order valence-electron chi connectivity index (χ4n) is 3.12. The van der Waals surface area contributed by atoms with Crippen molar-refractivity contribution >= 4 is 20.6 Å². The van der Waals surface area contributed by atoms with Crippen molar-refractivity contribution in [1.29, 1.82) is 0 Å². The molecule has 0 radical (unpaired) electrons. The maximum atomic E-state index is 13.1. The fourth-order valence-corrected chi connectivity index (χ4v) is 4.28. The zero-order chi connectivity index (χ0) is 24.3. The molecule has 170 valence electrons. The molecule has 4 aromatic rings. The first kappa shape index (κ1) is 22.7. The largest absolute Gasteiger partial charge is 0.455 e. The van der Waals surface area contributed by atoms with E-state index in [0.29, 0.717) is 22.6 Å². The van der Waals surface area contributed by atoms with Crippen molar-refractivity contribution in [2.45, 2.75) is 4.90 Å². The number of nitrogens with zero attached hydrogens (tertiary/aromatic N) is 2. The maximum Gasteiger partial charge on any atom is 0.281 e. The number of carbonyl (C=O) groups excluding carboxylic acids is 1. The summed E-state index contributed by atoms with van der Waals surface area (Å²) >= 11 is 0. The average Bonchev–Trinajstić information content (AvgIpc) is 2.85. The van der Waals surface area contributed by atoms with Crippen LogP contribution in [0.3, 0.4) is 0 Å². The first-order valence-corrected chi connectivity index (χ1v) is 11.3. The van der Waals surface area contributed by atoms with E-state index in [9.17, 15) is 27.7 Å². The van der Waals surface area contributed by atoms with Gasteiger partial charge >= 0.3 is 0 Å². The monoisotopic (exact) mass is 478 g/mol. The van der Waals surface area contributed by atoms with Gasteiger partial charge in [0.15, 0.2) is 5.75 Å². The van der Waals surface area contributed by atoms with Gasteiger partial charge < -0.3 is 4.74 Å². The van der Waals surface area contributed by atoms with Gasteiger partial charge in [0, 0.05) is 29.5 Å². The second-order valence-electron chi connectivity index (χ2n) is 7.05. The molecule has 0 saturated heterocycles. The standard InChI is InChI=1S/C24H15FN2O6S/c25-18-5-9-20(10-6-18)33-23-15-26-14-13-22(23)16-1-3-17(4-2-16)24(28)34(31,32)21-11-7-19(8-12-21)27(29)30/h1-15H. The lowest BCUT2D eigenvalue weighted by atomic mass is 10.0. The third kappa shape index (κ3) is 4.66. The molecule has 0 aliphatic carbocycles. The van der Waals surface area contributed by atoms with Crippen LogP contribution >= 0.6 is 0 Å². The Kier molecular flexibility index (Phi) is 6.15. The summed E-state index contributed by atoms with van der Waals surface area (Å²) in [5.41, 5.74) is 0.893. The predicted molar refractivity (Wildman–Crippen MR) is 121 cm³/mol. The molecule has 4 rings (SSSR count). The van der Waals surface area contributed by atoms with Gasteiger partial charge in [0.25, 0.3) is 10.8 Å². The number of rotatable bonds is 6. The van der Waals surface area contributed by atoms with Gasteiger partial charge in [0.05, 0.1) is 16.0 Å². The van der Waals surface area contributed by atoms with Crippen LogP contribution in [0, 0.1) is 15.9 Å². The van der Waals surface area contributed by atoms with Gasteiger partial charge in [0.2, 0.25) is 9.84 Å². The van der Waals surface area contributed by atoms with E-state index in [1.54, 1.807) is 24.4 Å². The van der Waals surface area contributed by atoms with Crippen LogP contribution in [-0.2, 0) is 9.84 Å². The first-order chi connectivity index (χ1) is 16.3. The van der Waals surface area contributed by atoms with Crippen molar-refractivity contribution in [3.05, 3.63) is 113 Å². The Morgan fingerprint density at radius 1 is 0.912 bits per heavy atom. The normalized spacial score (nSPS) is 11.1.